The lowest BCUT2D eigenvalue weighted by molar-refractivity contribution is 0.0326. The SMILES string of the molecule is CC(C)Oc1cccc(C(=O)NCC(C)(O)CN(C)C)c1. The topological polar surface area (TPSA) is 61.8 Å². The van der Waals surface area contributed by atoms with Crippen molar-refractivity contribution in [1.82, 2.24) is 10.2 Å². The number of carbonyl (C=O) groups is 1. The molecule has 0 fully saturated rings. The highest BCUT2D eigenvalue weighted by Gasteiger charge is 2.22. The minimum atomic E-state index is -0.967. The fraction of sp³-hybridized carbons (Fsp3) is 0.562. The number of hydrogen-bond acceptors (Lipinski definition) is 4. The van der Waals surface area contributed by atoms with Gasteiger partial charge in [0, 0.05) is 18.7 Å². The number of aliphatic hydroxyl groups is 1. The van der Waals surface area contributed by atoms with Crippen LogP contribution in [0, 0.1) is 0 Å². The van der Waals surface area contributed by atoms with Gasteiger partial charge in [0.15, 0.2) is 0 Å². The molecule has 1 amide bonds. The van der Waals surface area contributed by atoms with Gasteiger partial charge in [-0.25, -0.2) is 0 Å². The third-order valence-corrected chi connectivity index (χ3v) is 2.75. The van der Waals surface area contributed by atoms with Crippen molar-refractivity contribution < 1.29 is 14.6 Å². The van der Waals surface area contributed by atoms with Crippen molar-refractivity contribution in [2.75, 3.05) is 27.2 Å². The number of ether oxygens (including phenoxy) is 1. The van der Waals surface area contributed by atoms with E-state index in [1.54, 1.807) is 25.1 Å². The molecular weight excluding hydrogens is 268 g/mol. The van der Waals surface area contributed by atoms with E-state index in [9.17, 15) is 9.90 Å². The van der Waals surface area contributed by atoms with Crippen LogP contribution in [-0.2, 0) is 0 Å². The summed E-state index contributed by atoms with van der Waals surface area (Å²) in [4.78, 5) is 14.0. The second-order valence-electron chi connectivity index (χ2n) is 6.11. The molecule has 21 heavy (non-hydrogen) atoms. The van der Waals surface area contributed by atoms with Crippen molar-refractivity contribution in [1.29, 1.82) is 0 Å². The van der Waals surface area contributed by atoms with Gasteiger partial charge in [-0.15, -0.1) is 0 Å². The molecule has 0 saturated heterocycles. The van der Waals surface area contributed by atoms with Gasteiger partial charge in [0.2, 0.25) is 0 Å². The van der Waals surface area contributed by atoms with Crippen LogP contribution in [0.25, 0.3) is 0 Å². The summed E-state index contributed by atoms with van der Waals surface area (Å²) in [6.07, 6.45) is 0.0594. The predicted octanol–water partition coefficient (Wildman–Crippen LogP) is 1.52. The smallest absolute Gasteiger partial charge is 0.251 e. The second kappa shape index (κ2) is 7.43. The molecule has 0 aliphatic heterocycles. The number of rotatable bonds is 7. The molecule has 0 aromatic heterocycles. The van der Waals surface area contributed by atoms with Crippen LogP contribution in [0.2, 0.25) is 0 Å². The monoisotopic (exact) mass is 294 g/mol. The summed E-state index contributed by atoms with van der Waals surface area (Å²) in [6, 6.07) is 7.03. The third kappa shape index (κ3) is 6.60. The van der Waals surface area contributed by atoms with E-state index in [1.807, 2.05) is 38.9 Å². The Morgan fingerprint density at radius 3 is 2.67 bits per heavy atom. The summed E-state index contributed by atoms with van der Waals surface area (Å²) < 4.78 is 5.57. The highest BCUT2D eigenvalue weighted by Crippen LogP contribution is 2.15. The Morgan fingerprint density at radius 1 is 1.43 bits per heavy atom. The van der Waals surface area contributed by atoms with Gasteiger partial charge in [0.1, 0.15) is 5.75 Å². The Hall–Kier alpha value is -1.59. The number of likely N-dealkylation sites (N-methyl/N-ethyl adjacent to an activating group) is 1. The van der Waals surface area contributed by atoms with Gasteiger partial charge in [0.05, 0.1) is 11.7 Å². The Kier molecular flexibility index (Phi) is 6.18. The molecular formula is C16H26N2O3. The summed E-state index contributed by atoms with van der Waals surface area (Å²) in [6.45, 7) is 6.24. The van der Waals surface area contributed by atoms with E-state index >= 15 is 0 Å². The molecule has 2 N–H and O–H groups in total. The van der Waals surface area contributed by atoms with Gasteiger partial charge in [-0.1, -0.05) is 6.07 Å². The standard InChI is InChI=1S/C16H26N2O3/c1-12(2)21-14-8-6-7-13(9-14)15(19)17-10-16(3,20)11-18(4)5/h6-9,12,20H,10-11H2,1-5H3,(H,17,19). The molecule has 0 aliphatic rings. The number of amides is 1. The fourth-order valence-corrected chi connectivity index (χ4v) is 2.09. The highest BCUT2D eigenvalue weighted by atomic mass is 16.5. The van der Waals surface area contributed by atoms with Gasteiger partial charge in [-0.05, 0) is 53.1 Å². The van der Waals surface area contributed by atoms with E-state index in [2.05, 4.69) is 5.32 Å². The lowest BCUT2D eigenvalue weighted by Crippen LogP contribution is -2.47. The molecule has 5 nitrogen and oxygen atoms in total. The number of nitrogens with one attached hydrogen (secondary N) is 1. The summed E-state index contributed by atoms with van der Waals surface area (Å²) >= 11 is 0. The van der Waals surface area contributed by atoms with Crippen molar-refractivity contribution in [3.8, 4) is 5.75 Å². The molecule has 1 rings (SSSR count). The van der Waals surface area contributed by atoms with Crippen LogP contribution in [0.15, 0.2) is 24.3 Å². The first-order valence-electron chi connectivity index (χ1n) is 7.11. The van der Waals surface area contributed by atoms with Crippen molar-refractivity contribution in [2.24, 2.45) is 0 Å². The molecule has 118 valence electrons. The van der Waals surface area contributed by atoms with Gasteiger partial charge in [-0.2, -0.15) is 0 Å². The normalized spacial score (nSPS) is 14.1. The average molecular weight is 294 g/mol. The number of hydrogen-bond donors (Lipinski definition) is 2. The molecule has 0 heterocycles. The molecule has 0 saturated carbocycles. The minimum Gasteiger partial charge on any atom is -0.491 e. The first-order valence-corrected chi connectivity index (χ1v) is 7.11. The first kappa shape index (κ1) is 17.5. The van der Waals surface area contributed by atoms with Crippen LogP contribution < -0.4 is 10.1 Å². The molecule has 5 heteroatoms. The number of nitrogens with zero attached hydrogens (tertiary/aromatic N) is 1. The van der Waals surface area contributed by atoms with Crippen molar-refractivity contribution >= 4 is 5.91 Å². The van der Waals surface area contributed by atoms with E-state index in [0.29, 0.717) is 17.9 Å². The number of benzene rings is 1. The largest absolute Gasteiger partial charge is 0.491 e. The Morgan fingerprint density at radius 2 is 2.10 bits per heavy atom. The molecule has 1 atom stereocenters. The van der Waals surface area contributed by atoms with Crippen molar-refractivity contribution in [3.05, 3.63) is 29.8 Å². The quantitative estimate of drug-likeness (QED) is 0.800. The summed E-state index contributed by atoms with van der Waals surface area (Å²) in [5.41, 5.74) is -0.445. The summed E-state index contributed by atoms with van der Waals surface area (Å²) in [5.74, 6) is 0.445. The Balaban J connectivity index is 2.63. The van der Waals surface area contributed by atoms with Gasteiger partial charge >= 0.3 is 0 Å². The van der Waals surface area contributed by atoms with Crippen LogP contribution in [-0.4, -0.2) is 54.8 Å². The highest BCUT2D eigenvalue weighted by molar-refractivity contribution is 5.94. The van der Waals surface area contributed by atoms with Gasteiger partial charge in [-0.3, -0.25) is 4.79 Å². The third-order valence-electron chi connectivity index (χ3n) is 2.75. The van der Waals surface area contributed by atoms with Crippen molar-refractivity contribution in [3.63, 3.8) is 0 Å². The minimum absolute atomic E-state index is 0.0594. The molecule has 0 radical (unpaired) electrons. The zero-order valence-corrected chi connectivity index (χ0v) is 13.5. The Bertz CT molecular complexity index is 470. The zero-order chi connectivity index (χ0) is 16.0. The van der Waals surface area contributed by atoms with Crippen LogP contribution >= 0.6 is 0 Å². The van der Waals surface area contributed by atoms with Crippen LogP contribution in [0.4, 0.5) is 0 Å². The maximum absolute atomic E-state index is 12.1. The lowest BCUT2D eigenvalue weighted by Gasteiger charge is -2.27. The molecule has 0 bridgehead atoms. The van der Waals surface area contributed by atoms with Crippen molar-refractivity contribution in [2.45, 2.75) is 32.5 Å². The van der Waals surface area contributed by atoms with E-state index < -0.39 is 5.60 Å². The van der Waals surface area contributed by atoms with Crippen LogP contribution in [0.5, 0.6) is 5.75 Å². The first-order chi connectivity index (χ1) is 9.69. The second-order valence-corrected chi connectivity index (χ2v) is 6.11. The van der Waals surface area contributed by atoms with E-state index in [4.69, 9.17) is 4.74 Å². The average Bonchev–Trinajstić information content (AvgIpc) is 2.34. The van der Waals surface area contributed by atoms with Gasteiger partial charge < -0.3 is 20.1 Å². The number of carbonyl (C=O) groups excluding carboxylic acids is 1. The van der Waals surface area contributed by atoms with E-state index in [1.165, 1.54) is 0 Å². The molecule has 1 unspecified atom stereocenters. The molecule has 0 spiro atoms. The summed E-state index contributed by atoms with van der Waals surface area (Å²) in [5, 5.41) is 12.9. The summed E-state index contributed by atoms with van der Waals surface area (Å²) in [7, 11) is 3.76. The fourth-order valence-electron chi connectivity index (χ4n) is 2.09. The van der Waals surface area contributed by atoms with Gasteiger partial charge in [0.25, 0.3) is 5.91 Å². The maximum Gasteiger partial charge on any atom is 0.251 e. The predicted molar refractivity (Wildman–Crippen MR) is 83.7 cm³/mol. The van der Waals surface area contributed by atoms with E-state index in [-0.39, 0.29) is 18.6 Å². The van der Waals surface area contributed by atoms with Crippen LogP contribution in [0.1, 0.15) is 31.1 Å². The van der Waals surface area contributed by atoms with Crippen LogP contribution in [0.3, 0.4) is 0 Å². The Labute approximate surface area is 126 Å². The zero-order valence-electron chi connectivity index (χ0n) is 13.5. The van der Waals surface area contributed by atoms with E-state index in [0.717, 1.165) is 0 Å². The molecule has 1 aromatic carbocycles. The molecule has 1 aromatic rings. The lowest BCUT2D eigenvalue weighted by atomic mass is 10.1. The molecule has 0 aliphatic carbocycles. The maximum atomic E-state index is 12.1.